The SMILES string of the molecule is Cc1ccc(C(C)NC(=O)CCc2ccccc2Cl)cc1C. The van der Waals surface area contributed by atoms with Crippen LogP contribution in [0.1, 0.15) is 41.6 Å². The fourth-order valence-electron chi connectivity index (χ4n) is 2.38. The van der Waals surface area contributed by atoms with Gasteiger partial charge in [0.15, 0.2) is 0 Å². The minimum atomic E-state index is 0.0121. The van der Waals surface area contributed by atoms with E-state index in [-0.39, 0.29) is 11.9 Å². The molecule has 0 aliphatic heterocycles. The lowest BCUT2D eigenvalue weighted by Crippen LogP contribution is -2.26. The lowest BCUT2D eigenvalue weighted by atomic mass is 10.0. The van der Waals surface area contributed by atoms with E-state index in [0.29, 0.717) is 12.8 Å². The molecule has 22 heavy (non-hydrogen) atoms. The molecule has 2 aromatic carbocycles. The molecule has 0 spiro atoms. The molecule has 0 radical (unpaired) electrons. The predicted molar refractivity (Wildman–Crippen MR) is 92.2 cm³/mol. The number of carbonyl (C=O) groups is 1. The molecule has 0 saturated heterocycles. The largest absolute Gasteiger partial charge is 0.350 e. The van der Waals surface area contributed by atoms with Gasteiger partial charge < -0.3 is 5.32 Å². The summed E-state index contributed by atoms with van der Waals surface area (Å²) >= 11 is 6.11. The van der Waals surface area contributed by atoms with Gasteiger partial charge in [0.2, 0.25) is 5.91 Å². The van der Waals surface area contributed by atoms with Crippen LogP contribution in [-0.2, 0) is 11.2 Å². The highest BCUT2D eigenvalue weighted by Crippen LogP contribution is 2.18. The number of aryl methyl sites for hydroxylation is 3. The molecule has 0 aliphatic rings. The zero-order valence-electron chi connectivity index (χ0n) is 13.3. The third kappa shape index (κ3) is 4.35. The fourth-order valence-corrected chi connectivity index (χ4v) is 2.61. The van der Waals surface area contributed by atoms with Gasteiger partial charge in [-0.2, -0.15) is 0 Å². The number of hydrogen-bond donors (Lipinski definition) is 1. The number of carbonyl (C=O) groups excluding carboxylic acids is 1. The standard InChI is InChI=1S/C19H22ClNO/c1-13-8-9-17(12-14(13)2)15(3)21-19(22)11-10-16-6-4-5-7-18(16)20/h4-9,12,15H,10-11H2,1-3H3,(H,21,22). The van der Waals surface area contributed by atoms with Gasteiger partial charge in [0.25, 0.3) is 0 Å². The molecule has 0 aliphatic carbocycles. The maximum absolute atomic E-state index is 12.1. The third-order valence-electron chi connectivity index (χ3n) is 3.99. The lowest BCUT2D eigenvalue weighted by Gasteiger charge is -2.16. The Hall–Kier alpha value is -1.80. The zero-order valence-corrected chi connectivity index (χ0v) is 14.1. The van der Waals surface area contributed by atoms with Crippen molar-refractivity contribution >= 4 is 17.5 Å². The monoisotopic (exact) mass is 315 g/mol. The molecule has 1 unspecified atom stereocenters. The van der Waals surface area contributed by atoms with Crippen LogP contribution in [0.5, 0.6) is 0 Å². The van der Waals surface area contributed by atoms with E-state index in [0.717, 1.165) is 16.1 Å². The van der Waals surface area contributed by atoms with Crippen LogP contribution >= 0.6 is 11.6 Å². The number of hydrogen-bond acceptors (Lipinski definition) is 1. The second kappa shape index (κ2) is 7.46. The molecule has 2 aromatic rings. The van der Waals surface area contributed by atoms with Crippen LogP contribution in [0.4, 0.5) is 0 Å². The van der Waals surface area contributed by atoms with Gasteiger partial charge in [-0.1, -0.05) is 48.0 Å². The van der Waals surface area contributed by atoms with Crippen molar-refractivity contribution in [3.8, 4) is 0 Å². The number of nitrogens with one attached hydrogen (secondary N) is 1. The number of halogens is 1. The average molecular weight is 316 g/mol. The van der Waals surface area contributed by atoms with E-state index in [4.69, 9.17) is 11.6 Å². The molecule has 0 bridgehead atoms. The highest BCUT2D eigenvalue weighted by Gasteiger charge is 2.11. The van der Waals surface area contributed by atoms with Crippen molar-refractivity contribution in [2.24, 2.45) is 0 Å². The van der Waals surface area contributed by atoms with Crippen LogP contribution in [0.3, 0.4) is 0 Å². The summed E-state index contributed by atoms with van der Waals surface area (Å²) in [5.74, 6) is 0.0469. The Morgan fingerprint density at radius 2 is 1.86 bits per heavy atom. The van der Waals surface area contributed by atoms with Gasteiger partial charge >= 0.3 is 0 Å². The molecule has 0 saturated carbocycles. The lowest BCUT2D eigenvalue weighted by molar-refractivity contribution is -0.121. The van der Waals surface area contributed by atoms with Crippen molar-refractivity contribution in [3.05, 3.63) is 69.7 Å². The van der Waals surface area contributed by atoms with Gasteiger partial charge in [-0.25, -0.2) is 0 Å². The van der Waals surface area contributed by atoms with Crippen molar-refractivity contribution in [1.29, 1.82) is 0 Å². The van der Waals surface area contributed by atoms with E-state index in [2.05, 4.69) is 37.4 Å². The molecule has 0 aromatic heterocycles. The van der Waals surface area contributed by atoms with Crippen molar-refractivity contribution in [1.82, 2.24) is 5.32 Å². The van der Waals surface area contributed by atoms with Gasteiger partial charge in [0, 0.05) is 11.4 Å². The van der Waals surface area contributed by atoms with Crippen molar-refractivity contribution in [3.63, 3.8) is 0 Å². The zero-order chi connectivity index (χ0) is 16.1. The molecule has 1 amide bonds. The van der Waals surface area contributed by atoms with Gasteiger partial charge in [-0.05, 0) is 55.5 Å². The van der Waals surface area contributed by atoms with Crippen LogP contribution < -0.4 is 5.32 Å². The molecule has 0 fully saturated rings. The molecule has 3 heteroatoms. The second-order valence-electron chi connectivity index (χ2n) is 5.72. The topological polar surface area (TPSA) is 29.1 Å². The summed E-state index contributed by atoms with van der Waals surface area (Å²) in [6, 6.07) is 14.0. The highest BCUT2D eigenvalue weighted by atomic mass is 35.5. The number of benzene rings is 2. The summed E-state index contributed by atoms with van der Waals surface area (Å²) < 4.78 is 0. The number of rotatable bonds is 5. The first kappa shape index (κ1) is 16.6. The van der Waals surface area contributed by atoms with Crippen LogP contribution in [0.25, 0.3) is 0 Å². The Morgan fingerprint density at radius 3 is 2.55 bits per heavy atom. The molecule has 2 rings (SSSR count). The number of amides is 1. The summed E-state index contributed by atoms with van der Waals surface area (Å²) in [7, 11) is 0. The highest BCUT2D eigenvalue weighted by molar-refractivity contribution is 6.31. The fraction of sp³-hybridized carbons (Fsp3) is 0.316. The van der Waals surface area contributed by atoms with Crippen LogP contribution in [0.15, 0.2) is 42.5 Å². The normalized spacial score (nSPS) is 12.0. The van der Waals surface area contributed by atoms with Crippen LogP contribution in [0, 0.1) is 13.8 Å². The van der Waals surface area contributed by atoms with E-state index in [1.807, 2.05) is 31.2 Å². The van der Waals surface area contributed by atoms with Gasteiger partial charge in [-0.15, -0.1) is 0 Å². The maximum Gasteiger partial charge on any atom is 0.220 e. The Balaban J connectivity index is 1.91. The maximum atomic E-state index is 12.1. The molecule has 1 atom stereocenters. The smallest absolute Gasteiger partial charge is 0.220 e. The molecule has 0 heterocycles. The van der Waals surface area contributed by atoms with E-state index in [9.17, 15) is 4.79 Å². The summed E-state index contributed by atoms with van der Waals surface area (Å²) in [6.45, 7) is 6.19. The van der Waals surface area contributed by atoms with Gasteiger partial charge in [-0.3, -0.25) is 4.79 Å². The van der Waals surface area contributed by atoms with E-state index in [1.165, 1.54) is 11.1 Å². The first-order chi connectivity index (χ1) is 10.5. The Labute approximate surface area is 137 Å². The summed E-state index contributed by atoms with van der Waals surface area (Å²) in [4.78, 5) is 12.1. The van der Waals surface area contributed by atoms with Crippen molar-refractivity contribution in [2.75, 3.05) is 0 Å². The Bertz CT molecular complexity index is 666. The summed E-state index contributed by atoms with van der Waals surface area (Å²) in [5, 5.41) is 3.77. The minimum absolute atomic E-state index is 0.0121. The van der Waals surface area contributed by atoms with E-state index in [1.54, 1.807) is 0 Å². The van der Waals surface area contributed by atoms with Crippen molar-refractivity contribution < 1.29 is 4.79 Å². The van der Waals surface area contributed by atoms with Gasteiger partial charge in [0.05, 0.1) is 6.04 Å². The third-order valence-corrected chi connectivity index (χ3v) is 4.36. The molecule has 116 valence electrons. The minimum Gasteiger partial charge on any atom is -0.350 e. The Kier molecular flexibility index (Phi) is 5.62. The average Bonchev–Trinajstić information content (AvgIpc) is 2.49. The summed E-state index contributed by atoms with van der Waals surface area (Å²) in [6.07, 6.45) is 1.10. The predicted octanol–water partition coefficient (Wildman–Crippen LogP) is 4.77. The van der Waals surface area contributed by atoms with Crippen molar-refractivity contribution in [2.45, 2.75) is 39.7 Å². The van der Waals surface area contributed by atoms with E-state index >= 15 is 0 Å². The molecular formula is C19H22ClNO. The van der Waals surface area contributed by atoms with Crippen LogP contribution in [0.2, 0.25) is 5.02 Å². The molecule has 1 N–H and O–H groups in total. The molecule has 2 nitrogen and oxygen atoms in total. The van der Waals surface area contributed by atoms with E-state index < -0.39 is 0 Å². The second-order valence-corrected chi connectivity index (χ2v) is 6.13. The summed E-state index contributed by atoms with van der Waals surface area (Å²) in [5.41, 5.74) is 4.66. The molecular weight excluding hydrogens is 294 g/mol. The first-order valence-electron chi connectivity index (χ1n) is 7.57. The van der Waals surface area contributed by atoms with Crippen LogP contribution in [-0.4, -0.2) is 5.91 Å². The first-order valence-corrected chi connectivity index (χ1v) is 7.95. The quantitative estimate of drug-likeness (QED) is 0.846. The Morgan fingerprint density at radius 1 is 1.14 bits per heavy atom. The van der Waals surface area contributed by atoms with Gasteiger partial charge in [0.1, 0.15) is 0 Å².